The summed E-state index contributed by atoms with van der Waals surface area (Å²) in [5, 5.41) is 10.1. The zero-order valence-corrected chi connectivity index (χ0v) is 10.1. The molecule has 0 radical (unpaired) electrons. The Morgan fingerprint density at radius 3 is 2.50 bits per heavy atom. The Morgan fingerprint density at radius 1 is 1.44 bits per heavy atom. The molecule has 0 aromatic heterocycles. The van der Waals surface area contributed by atoms with Crippen LogP contribution in [0.2, 0.25) is 0 Å². The van der Waals surface area contributed by atoms with Crippen molar-refractivity contribution in [3.8, 4) is 11.5 Å². The molecule has 0 heterocycles. The van der Waals surface area contributed by atoms with E-state index in [4.69, 9.17) is 10.5 Å². The Balaban J connectivity index is 2.49. The molecule has 1 atom stereocenters. The average Bonchev–Trinajstić information content (AvgIpc) is 2.82. The third-order valence-electron chi connectivity index (χ3n) is 4.00. The van der Waals surface area contributed by atoms with Crippen molar-refractivity contribution >= 4 is 0 Å². The van der Waals surface area contributed by atoms with Gasteiger partial charge in [-0.15, -0.1) is 0 Å². The van der Waals surface area contributed by atoms with Crippen LogP contribution >= 0.6 is 0 Å². The summed E-state index contributed by atoms with van der Waals surface area (Å²) in [5.41, 5.74) is 6.87. The van der Waals surface area contributed by atoms with Crippen molar-refractivity contribution in [3.63, 3.8) is 0 Å². The molecule has 0 amide bonds. The number of ether oxygens (including phenoxy) is 1. The maximum absolute atomic E-state index is 10.1. The first-order chi connectivity index (χ1) is 7.48. The van der Waals surface area contributed by atoms with Gasteiger partial charge in [-0.3, -0.25) is 0 Å². The lowest BCUT2D eigenvalue weighted by Crippen LogP contribution is -2.25. The van der Waals surface area contributed by atoms with Gasteiger partial charge in [0.05, 0.1) is 7.11 Å². The summed E-state index contributed by atoms with van der Waals surface area (Å²) in [6, 6.07) is 5.61. The van der Waals surface area contributed by atoms with Gasteiger partial charge in [0.25, 0.3) is 0 Å². The Hall–Kier alpha value is -1.22. The molecule has 1 aliphatic rings. The van der Waals surface area contributed by atoms with E-state index in [1.165, 1.54) is 0 Å². The van der Waals surface area contributed by atoms with Crippen LogP contribution in [-0.4, -0.2) is 18.8 Å². The van der Waals surface area contributed by atoms with Gasteiger partial charge in [-0.1, -0.05) is 26.0 Å². The highest BCUT2D eigenvalue weighted by Gasteiger charge is 2.62. The summed E-state index contributed by atoms with van der Waals surface area (Å²) < 4.78 is 5.13. The van der Waals surface area contributed by atoms with E-state index < -0.39 is 0 Å². The highest BCUT2D eigenvalue weighted by molar-refractivity contribution is 5.53. The summed E-state index contributed by atoms with van der Waals surface area (Å²) in [4.78, 5) is 0. The molecule has 3 nitrogen and oxygen atoms in total. The quantitative estimate of drug-likeness (QED) is 0.821. The maximum atomic E-state index is 10.1. The van der Waals surface area contributed by atoms with Crippen molar-refractivity contribution in [2.45, 2.75) is 25.7 Å². The predicted octanol–water partition coefficient (Wildman–Crippen LogP) is 2.03. The topological polar surface area (TPSA) is 55.5 Å². The van der Waals surface area contributed by atoms with Crippen molar-refractivity contribution in [1.29, 1.82) is 0 Å². The zero-order valence-electron chi connectivity index (χ0n) is 10.1. The predicted molar refractivity (Wildman–Crippen MR) is 63.8 cm³/mol. The molecular weight excluding hydrogens is 202 g/mol. The van der Waals surface area contributed by atoms with Crippen LogP contribution in [0, 0.1) is 5.41 Å². The van der Waals surface area contributed by atoms with E-state index in [0.717, 1.165) is 12.0 Å². The fraction of sp³-hybridized carbons (Fsp3) is 0.538. The monoisotopic (exact) mass is 221 g/mol. The molecule has 1 aliphatic carbocycles. The minimum absolute atomic E-state index is 0.0916. The van der Waals surface area contributed by atoms with Crippen molar-refractivity contribution in [3.05, 3.63) is 23.8 Å². The van der Waals surface area contributed by atoms with Crippen LogP contribution < -0.4 is 10.5 Å². The Kier molecular flexibility index (Phi) is 2.39. The number of phenolic OH excluding ortho intramolecular Hbond substituents is 1. The van der Waals surface area contributed by atoms with E-state index in [2.05, 4.69) is 13.8 Å². The van der Waals surface area contributed by atoms with Crippen molar-refractivity contribution in [2.24, 2.45) is 11.1 Å². The van der Waals surface area contributed by atoms with E-state index in [1.807, 2.05) is 12.1 Å². The first-order valence-corrected chi connectivity index (χ1v) is 5.55. The second kappa shape index (κ2) is 3.39. The summed E-state index contributed by atoms with van der Waals surface area (Å²) >= 11 is 0. The van der Waals surface area contributed by atoms with Gasteiger partial charge < -0.3 is 15.6 Å². The SMILES string of the molecule is COc1cccc(C2(CN)CC2(C)C)c1O. The average molecular weight is 221 g/mol. The molecule has 88 valence electrons. The highest BCUT2D eigenvalue weighted by atomic mass is 16.5. The normalized spacial score (nSPS) is 26.5. The largest absolute Gasteiger partial charge is 0.504 e. The third kappa shape index (κ3) is 1.31. The first-order valence-electron chi connectivity index (χ1n) is 5.55. The summed E-state index contributed by atoms with van der Waals surface area (Å²) in [6.07, 6.45) is 1.01. The van der Waals surface area contributed by atoms with Gasteiger partial charge >= 0.3 is 0 Å². The fourth-order valence-electron chi connectivity index (χ4n) is 2.70. The minimum atomic E-state index is -0.0916. The molecule has 0 aliphatic heterocycles. The molecule has 1 fully saturated rings. The number of methoxy groups -OCH3 is 1. The molecule has 0 bridgehead atoms. The number of aromatic hydroxyl groups is 1. The number of hydrogen-bond donors (Lipinski definition) is 2. The van der Waals surface area contributed by atoms with E-state index in [1.54, 1.807) is 13.2 Å². The number of para-hydroxylation sites is 1. The fourth-order valence-corrected chi connectivity index (χ4v) is 2.70. The lowest BCUT2D eigenvalue weighted by Gasteiger charge is -2.21. The van der Waals surface area contributed by atoms with E-state index in [-0.39, 0.29) is 16.6 Å². The lowest BCUT2D eigenvalue weighted by molar-refractivity contribution is 0.363. The van der Waals surface area contributed by atoms with E-state index >= 15 is 0 Å². The first kappa shape index (κ1) is 11.3. The summed E-state index contributed by atoms with van der Waals surface area (Å²) in [5.74, 6) is 0.758. The second-order valence-corrected chi connectivity index (χ2v) is 5.20. The molecule has 1 aromatic rings. The molecule has 3 heteroatoms. The molecular formula is C13H19NO2. The molecule has 0 spiro atoms. The minimum Gasteiger partial charge on any atom is -0.504 e. The van der Waals surface area contributed by atoms with Gasteiger partial charge in [0.2, 0.25) is 0 Å². The van der Waals surface area contributed by atoms with Crippen molar-refractivity contribution in [2.75, 3.05) is 13.7 Å². The van der Waals surface area contributed by atoms with Crippen LogP contribution in [0.3, 0.4) is 0 Å². The van der Waals surface area contributed by atoms with Crippen molar-refractivity contribution in [1.82, 2.24) is 0 Å². The molecule has 0 saturated heterocycles. The molecule has 1 unspecified atom stereocenters. The van der Waals surface area contributed by atoms with Crippen molar-refractivity contribution < 1.29 is 9.84 Å². The maximum Gasteiger partial charge on any atom is 0.161 e. The van der Waals surface area contributed by atoms with Gasteiger partial charge in [-0.25, -0.2) is 0 Å². The summed E-state index contributed by atoms with van der Waals surface area (Å²) in [7, 11) is 1.56. The van der Waals surface area contributed by atoms with Crippen LogP contribution in [0.1, 0.15) is 25.8 Å². The summed E-state index contributed by atoms with van der Waals surface area (Å²) in [6.45, 7) is 4.91. The molecule has 3 N–H and O–H groups in total. The highest BCUT2D eigenvalue weighted by Crippen LogP contribution is 2.65. The molecule has 1 aromatic carbocycles. The van der Waals surface area contributed by atoms with E-state index in [9.17, 15) is 5.11 Å². The Morgan fingerprint density at radius 2 is 2.06 bits per heavy atom. The number of nitrogens with two attached hydrogens (primary N) is 1. The number of phenols is 1. The second-order valence-electron chi connectivity index (χ2n) is 5.20. The van der Waals surface area contributed by atoms with Crippen LogP contribution in [0.4, 0.5) is 0 Å². The molecule has 16 heavy (non-hydrogen) atoms. The smallest absolute Gasteiger partial charge is 0.161 e. The number of rotatable bonds is 3. The Bertz CT molecular complexity index is 414. The Labute approximate surface area is 96.2 Å². The van der Waals surface area contributed by atoms with Gasteiger partial charge in [-0.05, 0) is 17.9 Å². The number of benzene rings is 1. The van der Waals surface area contributed by atoms with Crippen LogP contribution in [0.5, 0.6) is 11.5 Å². The zero-order chi connectivity index (χ0) is 12.0. The van der Waals surface area contributed by atoms with Gasteiger partial charge in [-0.2, -0.15) is 0 Å². The van der Waals surface area contributed by atoms with Gasteiger partial charge in [0, 0.05) is 17.5 Å². The number of hydrogen-bond acceptors (Lipinski definition) is 3. The van der Waals surface area contributed by atoms with Crippen LogP contribution in [0.25, 0.3) is 0 Å². The van der Waals surface area contributed by atoms with Crippen LogP contribution in [-0.2, 0) is 5.41 Å². The van der Waals surface area contributed by atoms with Gasteiger partial charge in [0.15, 0.2) is 11.5 Å². The lowest BCUT2D eigenvalue weighted by atomic mass is 9.87. The third-order valence-corrected chi connectivity index (χ3v) is 4.00. The standard InChI is InChI=1S/C13H19NO2/c1-12(2)7-13(12,8-14)9-5-4-6-10(16-3)11(9)15/h4-6,15H,7-8,14H2,1-3H3. The molecule has 2 rings (SSSR count). The van der Waals surface area contributed by atoms with E-state index in [0.29, 0.717) is 12.3 Å². The van der Waals surface area contributed by atoms with Crippen LogP contribution in [0.15, 0.2) is 18.2 Å². The molecule has 1 saturated carbocycles. The van der Waals surface area contributed by atoms with Gasteiger partial charge in [0.1, 0.15) is 0 Å².